The van der Waals surface area contributed by atoms with E-state index in [9.17, 15) is 14.4 Å². The van der Waals surface area contributed by atoms with Crippen LogP contribution in [0.4, 0.5) is 0 Å². The van der Waals surface area contributed by atoms with E-state index >= 15 is 0 Å². The monoisotopic (exact) mass is 369 g/mol. The number of esters is 2. The Morgan fingerprint density at radius 2 is 1.96 bits per heavy atom. The van der Waals surface area contributed by atoms with Crippen LogP contribution in [0.15, 0.2) is 12.1 Å². The van der Waals surface area contributed by atoms with Crippen molar-refractivity contribution in [2.24, 2.45) is 0 Å². The molecule has 0 aliphatic carbocycles. The molecule has 0 saturated carbocycles. The molecule has 0 fully saturated rings. The standard InChI is InChI=1S/C16H16ClNO5S/c1-4-9-13(15(20)22-3)8(2)14(18-9)16(21)23-7-10(19)11-5-6-12(17)24-11/h5-6,18H,4,7H2,1-3H3. The molecular formula is C16H16ClNO5S. The van der Waals surface area contributed by atoms with E-state index in [1.807, 2.05) is 6.92 Å². The predicted octanol–water partition coefficient (Wildman–Crippen LogP) is 3.43. The molecule has 2 rings (SSSR count). The van der Waals surface area contributed by atoms with Gasteiger partial charge in [-0.1, -0.05) is 18.5 Å². The lowest BCUT2D eigenvalue weighted by Gasteiger charge is -2.03. The summed E-state index contributed by atoms with van der Waals surface area (Å²) in [5.74, 6) is -1.56. The second kappa shape index (κ2) is 7.63. The second-order valence-electron chi connectivity index (χ2n) is 4.93. The van der Waals surface area contributed by atoms with Gasteiger partial charge in [-0.25, -0.2) is 9.59 Å². The first-order valence-corrected chi connectivity index (χ1v) is 8.33. The molecule has 0 amide bonds. The molecule has 2 aromatic heterocycles. The zero-order chi connectivity index (χ0) is 17.9. The van der Waals surface area contributed by atoms with Gasteiger partial charge in [0.1, 0.15) is 5.69 Å². The Morgan fingerprint density at radius 3 is 2.50 bits per heavy atom. The summed E-state index contributed by atoms with van der Waals surface area (Å²) in [4.78, 5) is 39.3. The van der Waals surface area contributed by atoms with Crippen molar-refractivity contribution in [1.29, 1.82) is 0 Å². The van der Waals surface area contributed by atoms with E-state index in [0.717, 1.165) is 11.3 Å². The Hall–Kier alpha value is -2.12. The number of hydrogen-bond donors (Lipinski definition) is 1. The Morgan fingerprint density at radius 1 is 1.25 bits per heavy atom. The molecule has 1 N–H and O–H groups in total. The summed E-state index contributed by atoms with van der Waals surface area (Å²) in [5, 5.41) is 0. The maximum Gasteiger partial charge on any atom is 0.355 e. The van der Waals surface area contributed by atoms with Crippen molar-refractivity contribution in [3.05, 3.63) is 43.9 Å². The number of H-pyrrole nitrogens is 1. The fourth-order valence-electron chi connectivity index (χ4n) is 2.24. The molecule has 8 heteroatoms. The lowest BCUT2D eigenvalue weighted by molar-refractivity contribution is 0.0469. The van der Waals surface area contributed by atoms with Crippen LogP contribution in [0, 0.1) is 6.92 Å². The number of ketones is 1. The van der Waals surface area contributed by atoms with Gasteiger partial charge in [-0.15, -0.1) is 11.3 Å². The van der Waals surface area contributed by atoms with Gasteiger partial charge in [-0.3, -0.25) is 4.79 Å². The van der Waals surface area contributed by atoms with Crippen LogP contribution in [0.1, 0.15) is 48.7 Å². The van der Waals surface area contributed by atoms with E-state index in [2.05, 4.69) is 4.98 Å². The molecule has 128 valence electrons. The maximum atomic E-state index is 12.2. The third-order valence-electron chi connectivity index (χ3n) is 3.46. The smallest absolute Gasteiger partial charge is 0.355 e. The Balaban J connectivity index is 2.14. The molecule has 2 heterocycles. The molecule has 6 nitrogen and oxygen atoms in total. The first-order chi connectivity index (χ1) is 11.4. The fraction of sp³-hybridized carbons (Fsp3) is 0.312. The number of nitrogens with one attached hydrogen (secondary N) is 1. The number of aryl methyl sites for hydroxylation is 1. The number of aromatic nitrogens is 1. The average Bonchev–Trinajstić information content (AvgIpc) is 3.15. The minimum absolute atomic E-state index is 0.143. The van der Waals surface area contributed by atoms with Crippen molar-refractivity contribution in [2.45, 2.75) is 20.3 Å². The van der Waals surface area contributed by atoms with Gasteiger partial charge in [0.2, 0.25) is 5.78 Å². The minimum atomic E-state index is -0.701. The Kier molecular flexibility index (Phi) is 5.80. The zero-order valence-electron chi connectivity index (χ0n) is 13.4. The number of ether oxygens (including phenoxy) is 2. The number of thiophene rings is 1. The first-order valence-electron chi connectivity index (χ1n) is 7.14. The van der Waals surface area contributed by atoms with Gasteiger partial charge in [0.25, 0.3) is 0 Å². The highest BCUT2D eigenvalue weighted by atomic mass is 35.5. The molecule has 0 bridgehead atoms. The van der Waals surface area contributed by atoms with Crippen molar-refractivity contribution in [1.82, 2.24) is 4.98 Å². The van der Waals surface area contributed by atoms with Crippen molar-refractivity contribution in [3.63, 3.8) is 0 Å². The van der Waals surface area contributed by atoms with Crippen LogP contribution < -0.4 is 0 Å². The van der Waals surface area contributed by atoms with E-state index in [-0.39, 0.29) is 11.5 Å². The van der Waals surface area contributed by atoms with Gasteiger partial charge in [0.05, 0.1) is 21.9 Å². The molecular weight excluding hydrogens is 354 g/mol. The molecule has 0 aliphatic rings. The van der Waals surface area contributed by atoms with Crippen molar-refractivity contribution < 1.29 is 23.9 Å². The van der Waals surface area contributed by atoms with Crippen LogP contribution in [-0.2, 0) is 15.9 Å². The number of halogens is 1. The maximum absolute atomic E-state index is 12.2. The first kappa shape index (κ1) is 18.2. The number of Topliss-reactive ketones (excluding diaryl/α,β-unsaturated/α-hetero) is 1. The number of methoxy groups -OCH3 is 1. The quantitative estimate of drug-likeness (QED) is 0.622. The summed E-state index contributed by atoms with van der Waals surface area (Å²) in [7, 11) is 1.27. The van der Waals surface area contributed by atoms with Gasteiger partial charge in [-0.05, 0) is 31.0 Å². The van der Waals surface area contributed by atoms with E-state index < -0.39 is 18.5 Å². The highest BCUT2D eigenvalue weighted by molar-refractivity contribution is 7.18. The average molecular weight is 370 g/mol. The van der Waals surface area contributed by atoms with E-state index in [1.54, 1.807) is 19.1 Å². The molecule has 0 radical (unpaired) electrons. The SMILES string of the molecule is CCc1[nH]c(C(=O)OCC(=O)c2ccc(Cl)s2)c(C)c1C(=O)OC. The van der Waals surface area contributed by atoms with Gasteiger partial charge in [0, 0.05) is 5.69 Å². The van der Waals surface area contributed by atoms with Crippen LogP contribution in [0.3, 0.4) is 0 Å². The van der Waals surface area contributed by atoms with E-state index in [1.165, 1.54) is 7.11 Å². The number of rotatable bonds is 6. The molecule has 24 heavy (non-hydrogen) atoms. The molecule has 0 saturated heterocycles. The highest BCUT2D eigenvalue weighted by Crippen LogP contribution is 2.23. The number of carbonyl (C=O) groups excluding carboxylic acids is 3. The van der Waals surface area contributed by atoms with Crippen LogP contribution in [0.2, 0.25) is 4.34 Å². The third-order valence-corrected chi connectivity index (χ3v) is 4.73. The summed E-state index contributed by atoms with van der Waals surface area (Å²) in [6, 6.07) is 3.18. The summed E-state index contributed by atoms with van der Waals surface area (Å²) in [6.07, 6.45) is 0.519. The molecule has 0 unspecified atom stereocenters. The van der Waals surface area contributed by atoms with E-state index in [4.69, 9.17) is 21.1 Å². The minimum Gasteiger partial charge on any atom is -0.465 e. The van der Waals surface area contributed by atoms with Crippen LogP contribution in [0.5, 0.6) is 0 Å². The molecule has 2 aromatic rings. The van der Waals surface area contributed by atoms with Crippen LogP contribution >= 0.6 is 22.9 Å². The normalized spacial score (nSPS) is 10.5. The topological polar surface area (TPSA) is 85.5 Å². The largest absolute Gasteiger partial charge is 0.465 e. The number of hydrogen-bond acceptors (Lipinski definition) is 6. The summed E-state index contributed by atoms with van der Waals surface area (Å²) >= 11 is 6.89. The molecule has 0 spiro atoms. The number of aromatic amines is 1. The predicted molar refractivity (Wildman–Crippen MR) is 90.2 cm³/mol. The summed E-state index contributed by atoms with van der Waals surface area (Å²) in [5.41, 5.74) is 1.49. The van der Waals surface area contributed by atoms with Crippen molar-refractivity contribution in [2.75, 3.05) is 13.7 Å². The molecule has 0 aliphatic heterocycles. The van der Waals surface area contributed by atoms with Gasteiger partial charge in [0.15, 0.2) is 6.61 Å². The molecule has 0 atom stereocenters. The molecule has 0 aromatic carbocycles. The zero-order valence-corrected chi connectivity index (χ0v) is 15.0. The lowest BCUT2D eigenvalue weighted by Crippen LogP contribution is -2.14. The summed E-state index contributed by atoms with van der Waals surface area (Å²) < 4.78 is 10.3. The fourth-order valence-corrected chi connectivity index (χ4v) is 3.21. The van der Waals surface area contributed by atoms with Crippen LogP contribution in [0.25, 0.3) is 0 Å². The van der Waals surface area contributed by atoms with Gasteiger partial charge >= 0.3 is 11.9 Å². The van der Waals surface area contributed by atoms with E-state index in [0.29, 0.717) is 32.5 Å². The van der Waals surface area contributed by atoms with Gasteiger partial charge in [-0.2, -0.15) is 0 Å². The Labute approximate surface area is 147 Å². The lowest BCUT2D eigenvalue weighted by atomic mass is 10.1. The van der Waals surface area contributed by atoms with Gasteiger partial charge < -0.3 is 14.5 Å². The highest BCUT2D eigenvalue weighted by Gasteiger charge is 2.25. The van der Waals surface area contributed by atoms with Crippen molar-refractivity contribution >= 4 is 40.7 Å². The second-order valence-corrected chi connectivity index (χ2v) is 6.64. The summed E-state index contributed by atoms with van der Waals surface area (Å²) in [6.45, 7) is 3.07. The van der Waals surface area contributed by atoms with Crippen molar-refractivity contribution in [3.8, 4) is 0 Å². The third kappa shape index (κ3) is 3.68. The number of carbonyl (C=O) groups is 3. The Bertz CT molecular complexity index is 792. The van der Waals surface area contributed by atoms with Crippen LogP contribution in [-0.4, -0.2) is 36.4 Å².